The van der Waals surface area contributed by atoms with Crippen molar-refractivity contribution in [1.29, 1.82) is 0 Å². The first-order valence-electron chi connectivity index (χ1n) is 8.01. The van der Waals surface area contributed by atoms with Crippen LogP contribution in [0.3, 0.4) is 0 Å². The smallest absolute Gasteiger partial charge is 0.0363 e. The van der Waals surface area contributed by atoms with Crippen molar-refractivity contribution in [2.75, 3.05) is 32.7 Å². The number of nitrogens with two attached hydrogens (primary N) is 1. The van der Waals surface area contributed by atoms with Crippen LogP contribution in [0, 0.1) is 11.8 Å². The molecule has 102 valence electrons. The number of hydrogen-bond acceptors (Lipinski definition) is 3. The van der Waals surface area contributed by atoms with E-state index in [1.54, 1.807) is 0 Å². The predicted molar refractivity (Wildman–Crippen MR) is 73.4 cm³/mol. The molecular weight excluding hydrogens is 222 g/mol. The molecule has 2 aliphatic carbocycles. The van der Waals surface area contributed by atoms with Crippen LogP contribution in [0.1, 0.15) is 38.5 Å². The quantitative estimate of drug-likeness (QED) is 0.800. The standard InChI is InChI=1S/C15H27N3/c16-11-15(9-12-3-4-13(15)8-12)18-7-6-17-5-1-2-14(17)10-18/h12-14H,1-11,16H2. The molecule has 2 aliphatic heterocycles. The molecule has 4 aliphatic rings. The predicted octanol–water partition coefficient (Wildman–Crippen LogP) is 1.28. The molecule has 0 amide bonds. The summed E-state index contributed by atoms with van der Waals surface area (Å²) in [6.07, 6.45) is 8.65. The summed E-state index contributed by atoms with van der Waals surface area (Å²) in [5.74, 6) is 1.92. The molecule has 0 aromatic carbocycles. The van der Waals surface area contributed by atoms with Gasteiger partial charge in [-0.05, 0) is 50.5 Å². The Kier molecular flexibility index (Phi) is 2.72. The summed E-state index contributed by atoms with van der Waals surface area (Å²) < 4.78 is 0. The summed E-state index contributed by atoms with van der Waals surface area (Å²) in [5, 5.41) is 0. The van der Waals surface area contributed by atoms with Gasteiger partial charge in [-0.3, -0.25) is 9.80 Å². The average Bonchev–Trinajstić information content (AvgIpc) is 3.12. The van der Waals surface area contributed by atoms with Gasteiger partial charge in [-0.2, -0.15) is 0 Å². The second-order valence-electron chi connectivity index (χ2n) is 7.17. The summed E-state index contributed by atoms with van der Waals surface area (Å²) in [6, 6.07) is 0.848. The van der Waals surface area contributed by atoms with Crippen LogP contribution in [0.25, 0.3) is 0 Å². The Morgan fingerprint density at radius 2 is 2.06 bits per heavy atom. The van der Waals surface area contributed by atoms with Crippen molar-refractivity contribution >= 4 is 0 Å². The third-order valence-corrected chi connectivity index (χ3v) is 6.51. The van der Waals surface area contributed by atoms with Crippen LogP contribution in [0.4, 0.5) is 0 Å². The zero-order valence-electron chi connectivity index (χ0n) is 11.5. The monoisotopic (exact) mass is 249 g/mol. The first-order chi connectivity index (χ1) is 8.82. The zero-order chi connectivity index (χ0) is 12.2. The maximum absolute atomic E-state index is 6.27. The van der Waals surface area contributed by atoms with E-state index in [1.807, 2.05) is 0 Å². The molecular formula is C15H27N3. The minimum Gasteiger partial charge on any atom is -0.329 e. The van der Waals surface area contributed by atoms with Crippen LogP contribution in [0.15, 0.2) is 0 Å². The van der Waals surface area contributed by atoms with Gasteiger partial charge in [-0.1, -0.05) is 6.42 Å². The van der Waals surface area contributed by atoms with Gasteiger partial charge >= 0.3 is 0 Å². The van der Waals surface area contributed by atoms with Gasteiger partial charge in [0.2, 0.25) is 0 Å². The molecule has 2 heterocycles. The Balaban J connectivity index is 1.54. The van der Waals surface area contributed by atoms with E-state index >= 15 is 0 Å². The lowest BCUT2D eigenvalue weighted by Crippen LogP contribution is -2.64. The highest BCUT2D eigenvalue weighted by Crippen LogP contribution is 2.53. The van der Waals surface area contributed by atoms with Gasteiger partial charge in [-0.15, -0.1) is 0 Å². The summed E-state index contributed by atoms with van der Waals surface area (Å²) >= 11 is 0. The fourth-order valence-electron chi connectivity index (χ4n) is 5.58. The van der Waals surface area contributed by atoms with Crippen LogP contribution in [-0.2, 0) is 0 Å². The molecule has 18 heavy (non-hydrogen) atoms. The minimum absolute atomic E-state index is 0.400. The lowest BCUT2D eigenvalue weighted by atomic mass is 9.78. The Hall–Kier alpha value is -0.120. The van der Waals surface area contributed by atoms with Gasteiger partial charge in [0.05, 0.1) is 0 Å². The van der Waals surface area contributed by atoms with E-state index in [4.69, 9.17) is 5.73 Å². The van der Waals surface area contributed by atoms with E-state index < -0.39 is 0 Å². The molecule has 3 heteroatoms. The van der Waals surface area contributed by atoms with Crippen molar-refractivity contribution in [2.24, 2.45) is 17.6 Å². The fourth-order valence-corrected chi connectivity index (χ4v) is 5.58. The number of nitrogens with zero attached hydrogens (tertiary/aromatic N) is 2. The molecule has 2 saturated carbocycles. The highest BCUT2D eigenvalue weighted by Gasteiger charge is 2.54. The molecule has 3 nitrogen and oxygen atoms in total. The van der Waals surface area contributed by atoms with Gasteiger partial charge in [0.1, 0.15) is 0 Å². The SMILES string of the molecule is NCC1(N2CCN3CCCC3C2)CC2CCC1C2. The van der Waals surface area contributed by atoms with E-state index in [0.29, 0.717) is 5.54 Å². The largest absolute Gasteiger partial charge is 0.329 e. The van der Waals surface area contributed by atoms with Crippen LogP contribution in [0.2, 0.25) is 0 Å². The number of rotatable bonds is 2. The molecule has 4 rings (SSSR count). The second-order valence-corrected chi connectivity index (χ2v) is 7.17. The molecule has 4 fully saturated rings. The van der Waals surface area contributed by atoms with Crippen LogP contribution >= 0.6 is 0 Å². The van der Waals surface area contributed by atoms with Crippen LogP contribution in [-0.4, -0.2) is 54.1 Å². The van der Waals surface area contributed by atoms with Crippen molar-refractivity contribution in [3.05, 3.63) is 0 Å². The minimum atomic E-state index is 0.400. The van der Waals surface area contributed by atoms with Crippen molar-refractivity contribution in [1.82, 2.24) is 9.80 Å². The molecule has 4 atom stereocenters. The van der Waals surface area contributed by atoms with Crippen molar-refractivity contribution in [3.8, 4) is 0 Å². The fraction of sp³-hybridized carbons (Fsp3) is 1.00. The Morgan fingerprint density at radius 3 is 2.78 bits per heavy atom. The molecule has 0 aromatic rings. The van der Waals surface area contributed by atoms with Crippen LogP contribution < -0.4 is 5.73 Å². The van der Waals surface area contributed by atoms with Gasteiger partial charge in [0.25, 0.3) is 0 Å². The van der Waals surface area contributed by atoms with E-state index in [2.05, 4.69) is 9.80 Å². The first kappa shape index (κ1) is 11.7. The van der Waals surface area contributed by atoms with E-state index in [9.17, 15) is 0 Å². The molecule has 0 aromatic heterocycles. The summed E-state index contributed by atoms with van der Waals surface area (Å²) in [6.45, 7) is 6.13. The van der Waals surface area contributed by atoms with Gasteiger partial charge in [-0.25, -0.2) is 0 Å². The number of fused-ring (bicyclic) bond motifs is 3. The number of hydrogen-bond donors (Lipinski definition) is 1. The van der Waals surface area contributed by atoms with Crippen LogP contribution in [0.5, 0.6) is 0 Å². The van der Waals surface area contributed by atoms with Crippen molar-refractivity contribution in [3.63, 3.8) is 0 Å². The zero-order valence-corrected chi connectivity index (χ0v) is 11.5. The summed E-state index contributed by atoms with van der Waals surface area (Å²) in [4.78, 5) is 5.54. The first-order valence-corrected chi connectivity index (χ1v) is 8.01. The molecule has 2 saturated heterocycles. The normalized spacial score (nSPS) is 48.8. The molecule has 0 spiro atoms. The maximum Gasteiger partial charge on any atom is 0.0363 e. The average molecular weight is 249 g/mol. The molecule has 2 N–H and O–H groups in total. The lowest BCUT2D eigenvalue weighted by Gasteiger charge is -2.51. The summed E-state index contributed by atoms with van der Waals surface area (Å²) in [7, 11) is 0. The topological polar surface area (TPSA) is 32.5 Å². The van der Waals surface area contributed by atoms with E-state index in [0.717, 1.165) is 24.4 Å². The molecule has 2 bridgehead atoms. The van der Waals surface area contributed by atoms with Crippen molar-refractivity contribution in [2.45, 2.75) is 50.1 Å². The lowest BCUT2D eigenvalue weighted by molar-refractivity contribution is -0.0126. The van der Waals surface area contributed by atoms with E-state index in [-0.39, 0.29) is 0 Å². The Labute approximate surface area is 111 Å². The third-order valence-electron chi connectivity index (χ3n) is 6.51. The summed E-state index contributed by atoms with van der Waals surface area (Å²) in [5.41, 5.74) is 6.67. The maximum atomic E-state index is 6.27. The van der Waals surface area contributed by atoms with Gasteiger partial charge < -0.3 is 5.73 Å². The second kappa shape index (κ2) is 4.19. The molecule has 4 unspecified atom stereocenters. The van der Waals surface area contributed by atoms with Gasteiger partial charge in [0.15, 0.2) is 0 Å². The number of piperazine rings is 1. The molecule has 0 radical (unpaired) electrons. The van der Waals surface area contributed by atoms with Gasteiger partial charge in [0, 0.05) is 37.8 Å². The highest BCUT2D eigenvalue weighted by molar-refractivity contribution is 5.09. The Bertz CT molecular complexity index is 332. The third kappa shape index (κ3) is 1.53. The van der Waals surface area contributed by atoms with E-state index in [1.165, 1.54) is 64.7 Å². The Morgan fingerprint density at radius 1 is 1.11 bits per heavy atom. The van der Waals surface area contributed by atoms with Crippen molar-refractivity contribution < 1.29 is 0 Å². The highest BCUT2D eigenvalue weighted by atomic mass is 15.3.